The first-order valence-corrected chi connectivity index (χ1v) is 5.05. The fourth-order valence-electron chi connectivity index (χ4n) is 0.966. The zero-order chi connectivity index (χ0) is 9.84. The van der Waals surface area contributed by atoms with E-state index in [1.807, 2.05) is 0 Å². The molecule has 0 heterocycles. The zero-order valence-corrected chi connectivity index (χ0v) is 9.32. The third kappa shape index (κ3) is 2.15. The second-order valence-electron chi connectivity index (χ2n) is 2.39. The Labute approximate surface area is 90.2 Å². The molecule has 0 radical (unpaired) electrons. The molecular weight excluding hydrogens is 253 g/mol. The monoisotopic (exact) mass is 259 g/mol. The van der Waals surface area contributed by atoms with Crippen LogP contribution >= 0.6 is 27.5 Å². The Morgan fingerprint density at radius 2 is 2.31 bits per heavy atom. The lowest BCUT2D eigenvalue weighted by Gasteiger charge is -2.05. The molecule has 0 aromatic heterocycles. The van der Waals surface area contributed by atoms with Gasteiger partial charge in [-0.2, -0.15) is 5.26 Å². The number of ether oxygens (including phenoxy) is 1. The molecule has 0 saturated carbocycles. The minimum atomic E-state index is 0.524. The molecule has 0 aliphatic heterocycles. The summed E-state index contributed by atoms with van der Waals surface area (Å²) in [4.78, 5) is 0. The summed E-state index contributed by atoms with van der Waals surface area (Å²) in [6.45, 7) is 0. The van der Waals surface area contributed by atoms with Crippen LogP contribution in [0.25, 0.3) is 0 Å². The Morgan fingerprint density at radius 1 is 1.62 bits per heavy atom. The zero-order valence-electron chi connectivity index (χ0n) is 6.97. The van der Waals surface area contributed by atoms with Gasteiger partial charge in [-0.05, 0) is 17.7 Å². The van der Waals surface area contributed by atoms with Crippen LogP contribution in [0.15, 0.2) is 12.1 Å². The molecule has 0 aliphatic carbocycles. The van der Waals surface area contributed by atoms with Crippen molar-refractivity contribution in [1.29, 1.82) is 5.26 Å². The van der Waals surface area contributed by atoms with Gasteiger partial charge in [-0.25, -0.2) is 0 Å². The van der Waals surface area contributed by atoms with Gasteiger partial charge in [-0.15, -0.1) is 0 Å². The van der Waals surface area contributed by atoms with Crippen LogP contribution in [0.3, 0.4) is 0 Å². The van der Waals surface area contributed by atoms with Gasteiger partial charge >= 0.3 is 0 Å². The van der Waals surface area contributed by atoms with Crippen LogP contribution in [0.5, 0.6) is 5.75 Å². The van der Waals surface area contributed by atoms with Crippen molar-refractivity contribution in [1.82, 2.24) is 0 Å². The van der Waals surface area contributed by atoms with Crippen molar-refractivity contribution < 1.29 is 4.74 Å². The van der Waals surface area contributed by atoms with E-state index in [2.05, 4.69) is 22.0 Å². The van der Waals surface area contributed by atoms with Gasteiger partial charge in [-0.3, -0.25) is 0 Å². The number of hydrogen-bond acceptors (Lipinski definition) is 2. The van der Waals surface area contributed by atoms with Gasteiger partial charge in [0.1, 0.15) is 5.75 Å². The molecule has 2 nitrogen and oxygen atoms in total. The van der Waals surface area contributed by atoms with Crippen molar-refractivity contribution in [3.8, 4) is 11.8 Å². The van der Waals surface area contributed by atoms with E-state index in [4.69, 9.17) is 21.6 Å². The van der Waals surface area contributed by atoms with E-state index in [0.29, 0.717) is 21.7 Å². The lowest BCUT2D eigenvalue weighted by Crippen LogP contribution is -1.90. The highest BCUT2D eigenvalue weighted by atomic mass is 79.9. The molecule has 0 saturated heterocycles. The first kappa shape index (κ1) is 10.4. The largest absolute Gasteiger partial charge is 0.495 e. The second-order valence-corrected chi connectivity index (χ2v) is 3.36. The Kier molecular flexibility index (Phi) is 3.58. The van der Waals surface area contributed by atoms with Gasteiger partial charge < -0.3 is 4.74 Å². The van der Waals surface area contributed by atoms with E-state index < -0.39 is 0 Å². The number of hydrogen-bond donors (Lipinski definition) is 0. The third-order valence-electron chi connectivity index (χ3n) is 1.64. The second kappa shape index (κ2) is 4.50. The number of methoxy groups -OCH3 is 1. The molecule has 68 valence electrons. The summed E-state index contributed by atoms with van der Waals surface area (Å²) in [5, 5.41) is 9.93. The van der Waals surface area contributed by atoms with Crippen molar-refractivity contribution in [3.63, 3.8) is 0 Å². The van der Waals surface area contributed by atoms with Gasteiger partial charge in [0.25, 0.3) is 0 Å². The Hall–Kier alpha value is -0.720. The summed E-state index contributed by atoms with van der Waals surface area (Å²) in [7, 11) is 1.52. The van der Waals surface area contributed by atoms with Gasteiger partial charge in [0.2, 0.25) is 0 Å². The fourth-order valence-corrected chi connectivity index (χ4v) is 1.69. The van der Waals surface area contributed by atoms with Crippen LogP contribution in [0.4, 0.5) is 0 Å². The maximum atomic E-state index is 8.79. The molecule has 1 aromatic carbocycles. The molecule has 0 amide bonds. The first-order valence-electron chi connectivity index (χ1n) is 3.55. The minimum Gasteiger partial charge on any atom is -0.495 e. The van der Waals surface area contributed by atoms with Crippen LogP contribution in [0.2, 0.25) is 5.02 Å². The molecule has 0 N–H and O–H groups in total. The predicted octanol–water partition coefficient (Wildman–Crippen LogP) is 3.12. The Bertz CT molecular complexity index is 359. The van der Waals surface area contributed by atoms with E-state index in [1.54, 1.807) is 12.1 Å². The van der Waals surface area contributed by atoms with E-state index in [0.717, 1.165) is 5.56 Å². The van der Waals surface area contributed by atoms with Crippen LogP contribution in [0.1, 0.15) is 11.1 Å². The summed E-state index contributed by atoms with van der Waals surface area (Å²) in [6, 6.07) is 5.45. The summed E-state index contributed by atoms with van der Waals surface area (Å²) in [5.41, 5.74) is 1.45. The molecule has 0 fully saturated rings. The van der Waals surface area contributed by atoms with E-state index in [9.17, 15) is 0 Å². The van der Waals surface area contributed by atoms with E-state index in [-0.39, 0.29) is 0 Å². The highest BCUT2D eigenvalue weighted by Crippen LogP contribution is 2.28. The lowest BCUT2D eigenvalue weighted by atomic mass is 10.1. The third-order valence-corrected chi connectivity index (χ3v) is 2.54. The number of alkyl halides is 1. The summed E-state index contributed by atoms with van der Waals surface area (Å²) < 4.78 is 4.99. The molecule has 1 rings (SSSR count). The van der Waals surface area contributed by atoms with Gasteiger partial charge in [0, 0.05) is 5.33 Å². The van der Waals surface area contributed by atoms with Gasteiger partial charge in [0.05, 0.1) is 23.8 Å². The number of halogens is 2. The molecular formula is C9H7BrClNO. The van der Waals surface area contributed by atoms with E-state index in [1.165, 1.54) is 7.11 Å². The quantitative estimate of drug-likeness (QED) is 0.766. The molecule has 13 heavy (non-hydrogen) atoms. The van der Waals surface area contributed by atoms with Crippen molar-refractivity contribution in [2.75, 3.05) is 7.11 Å². The molecule has 4 heteroatoms. The molecule has 1 aromatic rings. The van der Waals surface area contributed by atoms with Crippen LogP contribution in [-0.2, 0) is 5.33 Å². The average molecular weight is 261 g/mol. The van der Waals surface area contributed by atoms with Crippen LogP contribution < -0.4 is 4.74 Å². The van der Waals surface area contributed by atoms with Gasteiger partial charge in [0.15, 0.2) is 0 Å². The molecule has 0 unspecified atom stereocenters. The highest BCUT2D eigenvalue weighted by molar-refractivity contribution is 9.08. The van der Waals surface area contributed by atoms with Crippen molar-refractivity contribution >= 4 is 27.5 Å². The number of benzene rings is 1. The summed E-state index contributed by atoms with van der Waals surface area (Å²) in [5.74, 6) is 0.530. The Balaban J connectivity index is 3.28. The number of nitriles is 1. The predicted molar refractivity (Wildman–Crippen MR) is 55.4 cm³/mol. The minimum absolute atomic E-state index is 0.524. The normalized spacial score (nSPS) is 9.38. The number of nitrogens with zero attached hydrogens (tertiary/aromatic N) is 1. The molecule has 0 spiro atoms. The van der Waals surface area contributed by atoms with Crippen LogP contribution in [0, 0.1) is 11.3 Å². The fraction of sp³-hybridized carbons (Fsp3) is 0.222. The summed E-state index contributed by atoms with van der Waals surface area (Å²) >= 11 is 9.16. The van der Waals surface area contributed by atoms with Crippen LogP contribution in [-0.4, -0.2) is 7.11 Å². The van der Waals surface area contributed by atoms with E-state index >= 15 is 0 Å². The smallest absolute Gasteiger partial charge is 0.138 e. The topological polar surface area (TPSA) is 33.0 Å². The molecule has 0 aliphatic rings. The molecule has 0 atom stereocenters. The first-order chi connectivity index (χ1) is 6.22. The summed E-state index contributed by atoms with van der Waals surface area (Å²) in [6.07, 6.45) is 0. The maximum absolute atomic E-state index is 8.79. The number of rotatable bonds is 2. The van der Waals surface area contributed by atoms with Crippen molar-refractivity contribution in [3.05, 3.63) is 28.3 Å². The molecule has 0 bridgehead atoms. The lowest BCUT2D eigenvalue weighted by molar-refractivity contribution is 0.415. The maximum Gasteiger partial charge on any atom is 0.138 e. The Morgan fingerprint density at radius 3 is 2.77 bits per heavy atom. The standard InChI is InChI=1S/C9H7BrClNO/c1-13-9-3-7(5-12)6(4-10)2-8(9)11/h2-3H,4H2,1H3. The average Bonchev–Trinajstić information content (AvgIpc) is 2.17. The SMILES string of the molecule is COc1cc(C#N)c(CBr)cc1Cl. The highest BCUT2D eigenvalue weighted by Gasteiger charge is 2.07. The van der Waals surface area contributed by atoms with Gasteiger partial charge in [-0.1, -0.05) is 27.5 Å². The van der Waals surface area contributed by atoms with Crippen molar-refractivity contribution in [2.24, 2.45) is 0 Å². The van der Waals surface area contributed by atoms with Crippen molar-refractivity contribution in [2.45, 2.75) is 5.33 Å².